The molecule has 0 fully saturated rings. The Bertz CT molecular complexity index is 381. The molecular formula is C7H3Cl2F2NO. The highest BCUT2D eigenvalue weighted by Gasteiger charge is 2.18. The molecule has 0 aliphatic carbocycles. The number of carbonyl (C=O) groups is 1. The molecule has 0 atom stereocenters. The van der Waals surface area contributed by atoms with Gasteiger partial charge in [-0.3, -0.25) is 4.79 Å². The van der Waals surface area contributed by atoms with E-state index in [-0.39, 0.29) is 10.6 Å². The molecule has 0 unspecified atom stereocenters. The molecule has 1 aromatic rings. The van der Waals surface area contributed by atoms with Crippen LogP contribution in [0, 0.1) is 11.6 Å². The third-order valence-electron chi connectivity index (χ3n) is 1.37. The van der Waals surface area contributed by atoms with Gasteiger partial charge in [0.15, 0.2) is 11.6 Å². The Morgan fingerprint density at radius 2 is 1.85 bits per heavy atom. The Balaban J connectivity index is 3.50. The molecule has 0 aromatic heterocycles. The van der Waals surface area contributed by atoms with Crippen LogP contribution >= 0.6 is 23.2 Å². The van der Waals surface area contributed by atoms with E-state index in [2.05, 4.69) is 0 Å². The van der Waals surface area contributed by atoms with E-state index in [1.54, 1.807) is 0 Å². The molecule has 0 bridgehead atoms. The zero-order valence-corrected chi connectivity index (χ0v) is 7.59. The summed E-state index contributed by atoms with van der Waals surface area (Å²) in [6, 6.07) is 0.603. The van der Waals surface area contributed by atoms with Crippen LogP contribution in [0.25, 0.3) is 0 Å². The van der Waals surface area contributed by atoms with E-state index in [1.165, 1.54) is 0 Å². The quantitative estimate of drug-likeness (QED) is 0.579. The lowest BCUT2D eigenvalue weighted by molar-refractivity contribution is 0.1000. The smallest absolute Gasteiger partial charge is 0.250 e. The molecule has 1 amide bonds. The summed E-state index contributed by atoms with van der Waals surface area (Å²) in [5, 5.41) is -1.02. The van der Waals surface area contributed by atoms with Gasteiger partial charge in [-0.15, -0.1) is 0 Å². The van der Waals surface area contributed by atoms with Crippen LogP contribution in [0.15, 0.2) is 6.07 Å². The number of hydrogen-bond donors (Lipinski definition) is 1. The standard InChI is InChI=1S/C7H3Cl2F2NO/c8-4-2(7(12)13)1-3(10)6(11)5(4)9/h1H,(H2,12,13). The number of nitrogens with two attached hydrogens (primary N) is 1. The van der Waals surface area contributed by atoms with E-state index in [0.717, 1.165) is 0 Å². The molecule has 1 aromatic carbocycles. The average molecular weight is 226 g/mol. The van der Waals surface area contributed by atoms with Crippen LogP contribution in [0.1, 0.15) is 10.4 Å². The van der Waals surface area contributed by atoms with E-state index >= 15 is 0 Å². The van der Waals surface area contributed by atoms with Crippen molar-refractivity contribution in [2.24, 2.45) is 5.73 Å². The number of hydrogen-bond acceptors (Lipinski definition) is 1. The van der Waals surface area contributed by atoms with E-state index in [9.17, 15) is 13.6 Å². The molecule has 0 saturated heterocycles. The monoisotopic (exact) mass is 225 g/mol. The van der Waals surface area contributed by atoms with E-state index in [0.29, 0.717) is 6.07 Å². The molecule has 70 valence electrons. The highest BCUT2D eigenvalue weighted by Crippen LogP contribution is 2.30. The van der Waals surface area contributed by atoms with Crippen molar-refractivity contribution in [1.82, 2.24) is 0 Å². The fraction of sp³-hybridized carbons (Fsp3) is 0. The van der Waals surface area contributed by atoms with Gasteiger partial charge in [0.2, 0.25) is 5.91 Å². The molecule has 1 rings (SSSR count). The highest BCUT2D eigenvalue weighted by atomic mass is 35.5. The van der Waals surface area contributed by atoms with Crippen molar-refractivity contribution in [2.75, 3.05) is 0 Å². The van der Waals surface area contributed by atoms with Gasteiger partial charge in [-0.2, -0.15) is 0 Å². The van der Waals surface area contributed by atoms with Crippen LogP contribution < -0.4 is 5.73 Å². The maximum atomic E-state index is 12.7. The number of benzene rings is 1. The first-order chi connectivity index (χ1) is 5.95. The predicted octanol–water partition coefficient (Wildman–Crippen LogP) is 2.37. The van der Waals surface area contributed by atoms with Crippen molar-refractivity contribution >= 4 is 29.1 Å². The zero-order valence-electron chi connectivity index (χ0n) is 6.07. The predicted molar refractivity (Wildman–Crippen MR) is 44.9 cm³/mol. The maximum absolute atomic E-state index is 12.7. The molecule has 0 radical (unpaired) electrons. The largest absolute Gasteiger partial charge is 0.366 e. The van der Waals surface area contributed by atoms with Crippen molar-refractivity contribution in [3.8, 4) is 0 Å². The second kappa shape index (κ2) is 3.47. The Hall–Kier alpha value is -0.870. The van der Waals surface area contributed by atoms with Crippen LogP contribution in [0.3, 0.4) is 0 Å². The minimum absolute atomic E-state index is 0.342. The van der Waals surface area contributed by atoms with Gasteiger partial charge < -0.3 is 5.73 Å². The first-order valence-corrected chi connectivity index (χ1v) is 3.83. The summed E-state index contributed by atoms with van der Waals surface area (Å²) in [6.07, 6.45) is 0. The van der Waals surface area contributed by atoms with Gasteiger partial charge in [-0.05, 0) is 6.07 Å². The number of halogens is 4. The van der Waals surface area contributed by atoms with Gasteiger partial charge in [-0.1, -0.05) is 23.2 Å². The lowest BCUT2D eigenvalue weighted by atomic mass is 10.2. The summed E-state index contributed by atoms with van der Waals surface area (Å²) in [7, 11) is 0. The van der Waals surface area contributed by atoms with Gasteiger partial charge in [0.1, 0.15) is 0 Å². The SMILES string of the molecule is NC(=O)c1cc(F)c(F)c(Cl)c1Cl. The Kier molecular flexibility index (Phi) is 2.73. The summed E-state index contributed by atoms with van der Waals surface area (Å²) in [5.74, 6) is -3.52. The summed E-state index contributed by atoms with van der Waals surface area (Å²) in [5.41, 5.74) is 4.49. The van der Waals surface area contributed by atoms with Gasteiger partial charge in [0, 0.05) is 0 Å². The van der Waals surface area contributed by atoms with Crippen LogP contribution in [0.5, 0.6) is 0 Å². The molecule has 0 aliphatic rings. The topological polar surface area (TPSA) is 43.1 Å². The highest BCUT2D eigenvalue weighted by molar-refractivity contribution is 6.43. The third-order valence-corrected chi connectivity index (χ3v) is 2.21. The van der Waals surface area contributed by atoms with Gasteiger partial charge in [0.05, 0.1) is 15.6 Å². The van der Waals surface area contributed by atoms with Crippen molar-refractivity contribution < 1.29 is 13.6 Å². The molecular weight excluding hydrogens is 223 g/mol. The van der Waals surface area contributed by atoms with E-state index in [1.807, 2.05) is 0 Å². The number of rotatable bonds is 1. The maximum Gasteiger partial charge on any atom is 0.250 e. The second-order valence-corrected chi connectivity index (χ2v) is 2.97. The van der Waals surface area contributed by atoms with Crippen molar-refractivity contribution in [3.05, 3.63) is 33.3 Å². The Labute approximate surface area is 82.2 Å². The van der Waals surface area contributed by atoms with Crippen molar-refractivity contribution in [3.63, 3.8) is 0 Å². The number of carbonyl (C=O) groups excluding carboxylic acids is 1. The molecule has 0 spiro atoms. The van der Waals surface area contributed by atoms with Crippen LogP contribution in [0.2, 0.25) is 10.0 Å². The average Bonchev–Trinajstić information content (AvgIpc) is 2.07. The van der Waals surface area contributed by atoms with Gasteiger partial charge in [-0.25, -0.2) is 8.78 Å². The van der Waals surface area contributed by atoms with Crippen molar-refractivity contribution in [2.45, 2.75) is 0 Å². The Morgan fingerprint density at radius 3 is 2.31 bits per heavy atom. The molecule has 0 heterocycles. The van der Waals surface area contributed by atoms with E-state index < -0.39 is 22.6 Å². The number of amides is 1. The molecule has 2 N–H and O–H groups in total. The summed E-state index contributed by atoms with van der Waals surface area (Å²) in [4.78, 5) is 10.6. The summed E-state index contributed by atoms with van der Waals surface area (Å²) >= 11 is 10.7. The lowest BCUT2D eigenvalue weighted by Crippen LogP contribution is -2.12. The summed E-state index contributed by atoms with van der Waals surface area (Å²) in [6.45, 7) is 0. The Morgan fingerprint density at radius 1 is 1.31 bits per heavy atom. The molecule has 6 heteroatoms. The third kappa shape index (κ3) is 1.73. The van der Waals surface area contributed by atoms with Gasteiger partial charge >= 0.3 is 0 Å². The first kappa shape index (κ1) is 10.2. The molecule has 0 aliphatic heterocycles. The number of primary amides is 1. The van der Waals surface area contributed by atoms with Crippen molar-refractivity contribution in [1.29, 1.82) is 0 Å². The zero-order chi connectivity index (χ0) is 10.2. The van der Waals surface area contributed by atoms with Crippen LogP contribution in [0.4, 0.5) is 8.78 Å². The summed E-state index contributed by atoms with van der Waals surface area (Å²) < 4.78 is 25.3. The minimum Gasteiger partial charge on any atom is -0.366 e. The van der Waals surface area contributed by atoms with Crippen LogP contribution in [-0.4, -0.2) is 5.91 Å². The molecule has 2 nitrogen and oxygen atoms in total. The fourth-order valence-corrected chi connectivity index (χ4v) is 1.17. The fourth-order valence-electron chi connectivity index (χ4n) is 0.752. The second-order valence-electron chi connectivity index (χ2n) is 2.21. The first-order valence-electron chi connectivity index (χ1n) is 3.08. The minimum atomic E-state index is -1.29. The molecule has 0 saturated carbocycles. The molecule has 13 heavy (non-hydrogen) atoms. The van der Waals surface area contributed by atoms with Gasteiger partial charge in [0.25, 0.3) is 0 Å². The lowest BCUT2D eigenvalue weighted by Gasteiger charge is -2.03. The van der Waals surface area contributed by atoms with Crippen LogP contribution in [-0.2, 0) is 0 Å². The van der Waals surface area contributed by atoms with E-state index in [4.69, 9.17) is 28.9 Å². The normalized spacial score (nSPS) is 10.2.